The molecule has 0 saturated carbocycles. The van der Waals surface area contributed by atoms with E-state index in [1.54, 1.807) is 0 Å². The normalized spacial score (nSPS) is 16.0. The van der Waals surface area contributed by atoms with Gasteiger partial charge in [-0.2, -0.15) is 12.7 Å². The van der Waals surface area contributed by atoms with E-state index in [-0.39, 0.29) is 11.8 Å². The lowest BCUT2D eigenvalue weighted by Crippen LogP contribution is -2.46. The van der Waals surface area contributed by atoms with E-state index in [1.807, 2.05) is 53.4 Å². The van der Waals surface area contributed by atoms with Gasteiger partial charge in [0.15, 0.2) is 0 Å². The minimum absolute atomic E-state index is 0.0915. The Morgan fingerprint density at radius 1 is 0.964 bits per heavy atom. The fraction of sp³-hybridized carbons (Fsp3) is 0.381. The van der Waals surface area contributed by atoms with Gasteiger partial charge in [-0.1, -0.05) is 60.7 Å². The molecule has 6 nitrogen and oxygen atoms in total. The van der Waals surface area contributed by atoms with Crippen molar-refractivity contribution in [2.24, 2.45) is 11.1 Å². The average Bonchev–Trinajstić information content (AvgIpc) is 2.71. The van der Waals surface area contributed by atoms with E-state index in [1.165, 1.54) is 9.87 Å². The van der Waals surface area contributed by atoms with E-state index in [2.05, 4.69) is 12.1 Å². The molecule has 0 radical (unpaired) electrons. The maximum absolute atomic E-state index is 13.2. The molecule has 0 unspecified atom stereocenters. The Bertz CT molecular complexity index is 864. The lowest BCUT2D eigenvalue weighted by atomic mass is 9.96. The number of nitrogens with two attached hydrogens (primary N) is 1. The summed E-state index contributed by atoms with van der Waals surface area (Å²) in [4.78, 5) is 15.1. The maximum Gasteiger partial charge on any atom is 0.276 e. The Balaban J connectivity index is 1.67. The van der Waals surface area contributed by atoms with Crippen LogP contribution in [0.25, 0.3) is 0 Å². The molecule has 2 aromatic carbocycles. The number of piperidine rings is 1. The molecule has 1 fully saturated rings. The Hall–Kier alpha value is -2.22. The van der Waals surface area contributed by atoms with Gasteiger partial charge in [0.05, 0.1) is 0 Å². The second-order valence-corrected chi connectivity index (χ2v) is 8.75. The molecule has 0 atom stereocenters. The highest BCUT2D eigenvalue weighted by Gasteiger charge is 2.31. The molecule has 1 aliphatic rings. The van der Waals surface area contributed by atoms with Crippen LogP contribution in [0.1, 0.15) is 24.0 Å². The minimum Gasteiger partial charge on any atom is -0.338 e. The largest absolute Gasteiger partial charge is 0.338 e. The number of carbonyl (C=O) groups is 1. The third kappa shape index (κ3) is 5.64. The van der Waals surface area contributed by atoms with Gasteiger partial charge in [-0.15, -0.1) is 0 Å². The number of carbonyl (C=O) groups excluding carboxylic acids is 1. The second-order valence-electron chi connectivity index (χ2n) is 7.20. The van der Waals surface area contributed by atoms with Crippen molar-refractivity contribution < 1.29 is 13.2 Å². The van der Waals surface area contributed by atoms with E-state index in [4.69, 9.17) is 5.14 Å². The van der Waals surface area contributed by atoms with Gasteiger partial charge in [-0.05, 0) is 30.4 Å². The summed E-state index contributed by atoms with van der Waals surface area (Å²) in [5.41, 5.74) is 2.28. The van der Waals surface area contributed by atoms with Crippen molar-refractivity contribution in [1.82, 2.24) is 9.21 Å². The van der Waals surface area contributed by atoms with E-state index in [9.17, 15) is 13.2 Å². The zero-order valence-corrected chi connectivity index (χ0v) is 16.7. The van der Waals surface area contributed by atoms with E-state index in [0.717, 1.165) is 12.0 Å². The van der Waals surface area contributed by atoms with Crippen molar-refractivity contribution in [1.29, 1.82) is 0 Å². The SMILES string of the molecule is NS(=O)(=O)N1CCC(C(=O)N(CCc2ccccc2)Cc2ccccc2)CC1. The van der Waals surface area contributed by atoms with Crippen LogP contribution in [-0.4, -0.2) is 43.2 Å². The summed E-state index contributed by atoms with van der Waals surface area (Å²) in [6.07, 6.45) is 1.80. The smallest absolute Gasteiger partial charge is 0.276 e. The summed E-state index contributed by atoms with van der Waals surface area (Å²) in [6, 6.07) is 20.1. The summed E-state index contributed by atoms with van der Waals surface area (Å²) in [7, 11) is -3.68. The zero-order valence-electron chi connectivity index (χ0n) is 15.9. The highest BCUT2D eigenvalue weighted by Crippen LogP contribution is 2.22. The van der Waals surface area contributed by atoms with Crippen LogP contribution in [0.2, 0.25) is 0 Å². The minimum atomic E-state index is -3.68. The van der Waals surface area contributed by atoms with Gasteiger partial charge < -0.3 is 4.90 Å². The quantitative estimate of drug-likeness (QED) is 0.772. The van der Waals surface area contributed by atoms with Gasteiger partial charge in [0.25, 0.3) is 10.2 Å². The van der Waals surface area contributed by atoms with Crippen LogP contribution in [-0.2, 0) is 28.0 Å². The van der Waals surface area contributed by atoms with Crippen LogP contribution in [0.3, 0.4) is 0 Å². The van der Waals surface area contributed by atoms with Crippen molar-refractivity contribution in [3.8, 4) is 0 Å². The summed E-state index contributed by atoms with van der Waals surface area (Å²) in [5, 5.41) is 5.21. The average molecular weight is 402 g/mol. The molecule has 28 heavy (non-hydrogen) atoms. The van der Waals surface area contributed by atoms with Crippen LogP contribution >= 0.6 is 0 Å². The van der Waals surface area contributed by atoms with E-state index in [0.29, 0.717) is 39.0 Å². The first-order chi connectivity index (χ1) is 13.4. The molecule has 1 amide bonds. The van der Waals surface area contributed by atoms with Crippen LogP contribution < -0.4 is 5.14 Å². The van der Waals surface area contributed by atoms with Crippen molar-refractivity contribution >= 4 is 16.1 Å². The third-order valence-corrected chi connectivity index (χ3v) is 6.29. The Morgan fingerprint density at radius 3 is 2.04 bits per heavy atom. The molecule has 0 aromatic heterocycles. The molecular weight excluding hydrogens is 374 g/mol. The first kappa shape index (κ1) is 20.5. The third-order valence-electron chi connectivity index (χ3n) is 5.20. The van der Waals surface area contributed by atoms with Crippen molar-refractivity contribution in [3.05, 3.63) is 71.8 Å². The highest BCUT2D eigenvalue weighted by atomic mass is 32.2. The number of amides is 1. The van der Waals surface area contributed by atoms with Gasteiger partial charge in [0.1, 0.15) is 0 Å². The lowest BCUT2D eigenvalue weighted by molar-refractivity contribution is -0.137. The number of nitrogens with zero attached hydrogens (tertiary/aromatic N) is 2. The molecule has 7 heteroatoms. The topological polar surface area (TPSA) is 83.7 Å². The zero-order chi connectivity index (χ0) is 20.0. The maximum atomic E-state index is 13.2. The van der Waals surface area contributed by atoms with Crippen molar-refractivity contribution in [2.45, 2.75) is 25.8 Å². The van der Waals surface area contributed by atoms with Crippen LogP contribution in [0.15, 0.2) is 60.7 Å². The van der Waals surface area contributed by atoms with Crippen LogP contribution in [0.4, 0.5) is 0 Å². The molecule has 1 aliphatic heterocycles. The molecule has 1 heterocycles. The summed E-state index contributed by atoms with van der Waals surface area (Å²) in [6.45, 7) is 1.79. The molecule has 0 aliphatic carbocycles. The molecule has 2 N–H and O–H groups in total. The fourth-order valence-corrected chi connectivity index (χ4v) is 4.31. The number of hydrogen-bond donors (Lipinski definition) is 1. The van der Waals surface area contributed by atoms with E-state index >= 15 is 0 Å². The number of benzene rings is 2. The van der Waals surface area contributed by atoms with Gasteiger partial charge in [-0.3, -0.25) is 4.79 Å². The van der Waals surface area contributed by atoms with Gasteiger partial charge in [-0.25, -0.2) is 5.14 Å². The van der Waals surface area contributed by atoms with Crippen LogP contribution in [0, 0.1) is 5.92 Å². The summed E-state index contributed by atoms with van der Waals surface area (Å²) >= 11 is 0. The number of rotatable bonds is 7. The predicted molar refractivity (Wildman–Crippen MR) is 109 cm³/mol. The van der Waals surface area contributed by atoms with Crippen LogP contribution in [0.5, 0.6) is 0 Å². The first-order valence-electron chi connectivity index (χ1n) is 9.58. The van der Waals surface area contributed by atoms with Crippen molar-refractivity contribution in [2.75, 3.05) is 19.6 Å². The monoisotopic (exact) mass is 401 g/mol. The highest BCUT2D eigenvalue weighted by molar-refractivity contribution is 7.86. The Kier molecular flexibility index (Phi) is 6.83. The second kappa shape index (κ2) is 9.32. The van der Waals surface area contributed by atoms with E-state index < -0.39 is 10.2 Å². The summed E-state index contributed by atoms with van der Waals surface area (Å²) in [5.74, 6) is -0.0775. The van der Waals surface area contributed by atoms with Gasteiger partial charge >= 0.3 is 0 Å². The standard InChI is InChI=1S/C21H27N3O3S/c22-28(26,27)24-15-12-20(13-16-24)21(25)23(17-19-9-5-2-6-10-19)14-11-18-7-3-1-4-8-18/h1-10,20H,11-17H2,(H2,22,26,27). The predicted octanol–water partition coefficient (Wildman–Crippen LogP) is 2.17. The number of hydrogen-bond acceptors (Lipinski definition) is 3. The molecule has 3 rings (SSSR count). The fourth-order valence-electron chi connectivity index (χ4n) is 3.60. The molecule has 2 aromatic rings. The van der Waals surface area contributed by atoms with Gasteiger partial charge in [0, 0.05) is 32.1 Å². The lowest BCUT2D eigenvalue weighted by Gasteiger charge is -2.33. The Morgan fingerprint density at radius 2 is 1.50 bits per heavy atom. The molecular formula is C21H27N3O3S. The molecule has 1 saturated heterocycles. The Labute approximate surface area is 167 Å². The van der Waals surface area contributed by atoms with Crippen molar-refractivity contribution in [3.63, 3.8) is 0 Å². The summed E-state index contributed by atoms with van der Waals surface area (Å²) < 4.78 is 24.3. The molecule has 0 bridgehead atoms. The molecule has 150 valence electrons. The van der Waals surface area contributed by atoms with Gasteiger partial charge in [0.2, 0.25) is 5.91 Å². The molecule has 0 spiro atoms. The first-order valence-corrected chi connectivity index (χ1v) is 11.1.